The number of carbonyl (C=O) groups excluding carboxylic acids is 2. The smallest absolute Gasteiger partial charge is 0.223 e. The van der Waals surface area contributed by atoms with Crippen LogP contribution in [0.3, 0.4) is 0 Å². The van der Waals surface area contributed by atoms with E-state index in [-0.39, 0.29) is 30.7 Å². The van der Waals surface area contributed by atoms with E-state index in [0.717, 1.165) is 0 Å². The van der Waals surface area contributed by atoms with Crippen molar-refractivity contribution >= 4 is 11.8 Å². The second kappa shape index (κ2) is 8.06. The fraction of sp³-hybridized carbons (Fsp3) is 0.833. The zero-order valence-electron chi connectivity index (χ0n) is 11.4. The van der Waals surface area contributed by atoms with Gasteiger partial charge in [-0.25, -0.2) is 0 Å². The molecule has 0 aromatic rings. The Labute approximate surface area is 104 Å². The Bertz CT molecular complexity index is 252. The first-order chi connectivity index (χ1) is 7.97. The summed E-state index contributed by atoms with van der Waals surface area (Å²) in [4.78, 5) is 26.8. The molecule has 1 unspecified atom stereocenters. The van der Waals surface area contributed by atoms with Crippen LogP contribution in [-0.4, -0.2) is 54.3 Å². The van der Waals surface area contributed by atoms with Gasteiger partial charge in [0.25, 0.3) is 0 Å². The summed E-state index contributed by atoms with van der Waals surface area (Å²) in [7, 11) is 1.72. The molecule has 0 saturated carbocycles. The molecule has 5 heteroatoms. The zero-order valence-corrected chi connectivity index (χ0v) is 11.4. The Balaban J connectivity index is 4.11. The predicted octanol–water partition coefficient (Wildman–Crippen LogP) is 0.441. The lowest BCUT2D eigenvalue weighted by Crippen LogP contribution is -2.40. The maximum atomic E-state index is 11.7. The van der Waals surface area contributed by atoms with Gasteiger partial charge in [-0.15, -0.1) is 0 Å². The van der Waals surface area contributed by atoms with E-state index in [1.165, 1.54) is 0 Å². The van der Waals surface area contributed by atoms with Crippen LogP contribution in [0.1, 0.15) is 33.6 Å². The molecule has 0 radical (unpaired) electrons. The van der Waals surface area contributed by atoms with E-state index >= 15 is 0 Å². The van der Waals surface area contributed by atoms with Crippen LogP contribution in [0.25, 0.3) is 0 Å². The maximum absolute atomic E-state index is 11.7. The normalized spacial score (nSPS) is 12.1. The third-order valence-corrected chi connectivity index (χ3v) is 3.06. The molecule has 2 amide bonds. The van der Waals surface area contributed by atoms with Gasteiger partial charge < -0.3 is 15.5 Å². The number of carbonyl (C=O) groups is 2. The molecule has 0 saturated heterocycles. The average Bonchev–Trinajstić information content (AvgIpc) is 2.35. The van der Waals surface area contributed by atoms with Gasteiger partial charge in [-0.3, -0.25) is 9.59 Å². The first-order valence-corrected chi connectivity index (χ1v) is 6.21. The van der Waals surface area contributed by atoms with Crippen molar-refractivity contribution in [3.05, 3.63) is 0 Å². The summed E-state index contributed by atoms with van der Waals surface area (Å²) < 4.78 is 0. The number of likely N-dealkylation sites (N-methyl/N-ethyl adjacent to an activating group) is 1. The second-order valence-electron chi connectivity index (χ2n) is 4.16. The van der Waals surface area contributed by atoms with Crippen LogP contribution < -0.4 is 5.73 Å². The zero-order chi connectivity index (χ0) is 13.4. The fourth-order valence-electron chi connectivity index (χ4n) is 1.53. The molecule has 0 heterocycles. The quantitative estimate of drug-likeness (QED) is 0.705. The van der Waals surface area contributed by atoms with Gasteiger partial charge in [0.2, 0.25) is 11.8 Å². The van der Waals surface area contributed by atoms with E-state index in [9.17, 15) is 9.59 Å². The lowest BCUT2D eigenvalue weighted by Gasteiger charge is -2.24. The third-order valence-electron chi connectivity index (χ3n) is 3.06. The topological polar surface area (TPSA) is 66.6 Å². The molecule has 17 heavy (non-hydrogen) atoms. The molecule has 0 aromatic heterocycles. The molecule has 100 valence electrons. The number of hydrogen-bond acceptors (Lipinski definition) is 3. The lowest BCUT2D eigenvalue weighted by atomic mass is 10.2. The minimum absolute atomic E-state index is 0.0195. The first-order valence-electron chi connectivity index (χ1n) is 6.21. The van der Waals surface area contributed by atoms with E-state index in [1.807, 2.05) is 20.8 Å². The van der Waals surface area contributed by atoms with Gasteiger partial charge in [-0.05, 0) is 20.8 Å². The van der Waals surface area contributed by atoms with Crippen LogP contribution in [0, 0.1) is 0 Å². The number of nitrogens with two attached hydrogens (primary N) is 1. The Morgan fingerprint density at radius 1 is 1.12 bits per heavy atom. The number of hydrogen-bond donors (Lipinski definition) is 1. The van der Waals surface area contributed by atoms with Crippen molar-refractivity contribution in [2.45, 2.75) is 39.7 Å². The highest BCUT2D eigenvalue weighted by Crippen LogP contribution is 2.03. The summed E-state index contributed by atoms with van der Waals surface area (Å²) in [6, 6.07) is 0.0195. The Hall–Kier alpha value is -1.10. The summed E-state index contributed by atoms with van der Waals surface area (Å²) in [6.45, 7) is 7.59. The molecular formula is C12H25N3O2. The molecule has 1 atom stereocenters. The monoisotopic (exact) mass is 243 g/mol. The largest absolute Gasteiger partial charge is 0.343 e. The van der Waals surface area contributed by atoms with Crippen molar-refractivity contribution in [3.63, 3.8) is 0 Å². The van der Waals surface area contributed by atoms with Gasteiger partial charge in [-0.1, -0.05) is 0 Å². The van der Waals surface area contributed by atoms with Crippen molar-refractivity contribution in [3.8, 4) is 0 Å². The molecule has 2 N–H and O–H groups in total. The van der Waals surface area contributed by atoms with E-state index in [0.29, 0.717) is 19.6 Å². The van der Waals surface area contributed by atoms with Crippen LogP contribution in [0.5, 0.6) is 0 Å². The molecule has 0 fully saturated rings. The molecule has 0 spiro atoms. The van der Waals surface area contributed by atoms with Gasteiger partial charge >= 0.3 is 0 Å². The minimum Gasteiger partial charge on any atom is -0.343 e. The molecule has 0 aliphatic rings. The number of rotatable bonds is 7. The molecular weight excluding hydrogens is 218 g/mol. The highest BCUT2D eigenvalue weighted by molar-refractivity contribution is 5.83. The highest BCUT2D eigenvalue weighted by Gasteiger charge is 2.17. The van der Waals surface area contributed by atoms with Gasteiger partial charge in [0, 0.05) is 45.6 Å². The maximum Gasteiger partial charge on any atom is 0.223 e. The van der Waals surface area contributed by atoms with E-state index in [4.69, 9.17) is 5.73 Å². The summed E-state index contributed by atoms with van der Waals surface area (Å²) in [5, 5.41) is 0. The second-order valence-corrected chi connectivity index (χ2v) is 4.16. The van der Waals surface area contributed by atoms with Crippen LogP contribution in [0.4, 0.5) is 0 Å². The molecule has 0 aromatic carbocycles. The van der Waals surface area contributed by atoms with Gasteiger partial charge in [-0.2, -0.15) is 0 Å². The number of amides is 2. The van der Waals surface area contributed by atoms with Gasteiger partial charge in [0.05, 0.1) is 0 Å². The Kier molecular flexibility index (Phi) is 7.54. The minimum atomic E-state index is -0.0246. The van der Waals surface area contributed by atoms with E-state index in [2.05, 4.69) is 0 Å². The van der Waals surface area contributed by atoms with Crippen molar-refractivity contribution in [2.24, 2.45) is 5.73 Å². The Morgan fingerprint density at radius 3 is 2.00 bits per heavy atom. The molecule has 0 aliphatic carbocycles. The highest BCUT2D eigenvalue weighted by atomic mass is 16.2. The van der Waals surface area contributed by atoms with Crippen LogP contribution in [0.15, 0.2) is 0 Å². The molecule has 0 bridgehead atoms. The SMILES string of the molecule is CCN(CC)C(=O)CCC(=O)N(C)C(C)CN. The molecule has 5 nitrogen and oxygen atoms in total. The van der Waals surface area contributed by atoms with Crippen molar-refractivity contribution in [1.29, 1.82) is 0 Å². The summed E-state index contributed by atoms with van der Waals surface area (Å²) in [5.74, 6) is 0.0145. The van der Waals surface area contributed by atoms with Crippen molar-refractivity contribution < 1.29 is 9.59 Å². The van der Waals surface area contributed by atoms with Crippen molar-refractivity contribution in [2.75, 3.05) is 26.7 Å². The predicted molar refractivity (Wildman–Crippen MR) is 68.4 cm³/mol. The average molecular weight is 243 g/mol. The lowest BCUT2D eigenvalue weighted by molar-refractivity contribution is -0.137. The molecule has 0 rings (SSSR count). The summed E-state index contributed by atoms with van der Waals surface area (Å²) in [5.41, 5.74) is 5.49. The van der Waals surface area contributed by atoms with Crippen LogP contribution in [-0.2, 0) is 9.59 Å². The fourth-order valence-corrected chi connectivity index (χ4v) is 1.53. The Morgan fingerprint density at radius 2 is 1.59 bits per heavy atom. The summed E-state index contributed by atoms with van der Waals surface area (Å²) in [6.07, 6.45) is 0.540. The third kappa shape index (κ3) is 5.17. The summed E-state index contributed by atoms with van der Waals surface area (Å²) >= 11 is 0. The van der Waals surface area contributed by atoms with E-state index in [1.54, 1.807) is 16.8 Å². The van der Waals surface area contributed by atoms with Crippen LogP contribution in [0.2, 0.25) is 0 Å². The first kappa shape index (κ1) is 15.9. The molecule has 0 aliphatic heterocycles. The van der Waals surface area contributed by atoms with Gasteiger partial charge in [0.15, 0.2) is 0 Å². The van der Waals surface area contributed by atoms with Crippen molar-refractivity contribution in [1.82, 2.24) is 9.80 Å². The number of nitrogens with zero attached hydrogens (tertiary/aromatic N) is 2. The standard InChI is InChI=1S/C12H25N3O2/c1-5-15(6-2)12(17)8-7-11(16)14(4)10(3)9-13/h10H,5-9,13H2,1-4H3. The van der Waals surface area contributed by atoms with Gasteiger partial charge in [0.1, 0.15) is 0 Å². The van der Waals surface area contributed by atoms with Crippen LogP contribution >= 0.6 is 0 Å². The van der Waals surface area contributed by atoms with E-state index < -0.39 is 0 Å².